The minimum absolute atomic E-state index is 0.826. The van der Waals surface area contributed by atoms with Gasteiger partial charge in [0.2, 0.25) is 0 Å². The molecule has 1 atom stereocenters. The van der Waals surface area contributed by atoms with E-state index in [0.29, 0.717) is 0 Å². The van der Waals surface area contributed by atoms with E-state index in [2.05, 4.69) is 15.1 Å². The quantitative estimate of drug-likeness (QED) is 0.806. The number of nitrogens with one attached hydrogen (secondary N) is 1. The van der Waals surface area contributed by atoms with E-state index in [1.54, 1.807) is 0 Å². The summed E-state index contributed by atoms with van der Waals surface area (Å²) in [5.74, 6) is 0. The van der Waals surface area contributed by atoms with E-state index < -0.39 is 0 Å². The standard InChI is InChI=1S/C15H29N3/c1-2-5-14(6-3-1)17-9-11-18(12-10-17)15-7-4-8-16-13-15/h14-16H,1-13H2/t15-/m1/s1. The van der Waals surface area contributed by atoms with E-state index >= 15 is 0 Å². The Bertz CT molecular complexity index is 210. The SMILES string of the molecule is C1CCC(N2CCN([C@@H]3CCCNC3)CC2)CC1. The molecule has 104 valence electrons. The molecule has 0 spiro atoms. The van der Waals surface area contributed by atoms with Crippen molar-refractivity contribution in [3.8, 4) is 0 Å². The van der Waals surface area contributed by atoms with Crippen molar-refractivity contribution in [3.63, 3.8) is 0 Å². The zero-order valence-corrected chi connectivity index (χ0v) is 11.7. The van der Waals surface area contributed by atoms with Crippen molar-refractivity contribution < 1.29 is 0 Å². The van der Waals surface area contributed by atoms with Gasteiger partial charge in [0.05, 0.1) is 0 Å². The second-order valence-electron chi connectivity index (χ2n) is 6.36. The van der Waals surface area contributed by atoms with Gasteiger partial charge >= 0.3 is 0 Å². The van der Waals surface area contributed by atoms with E-state index in [4.69, 9.17) is 0 Å². The molecule has 0 aromatic heterocycles. The molecule has 3 fully saturated rings. The lowest BCUT2D eigenvalue weighted by atomic mass is 9.93. The van der Waals surface area contributed by atoms with Gasteiger partial charge in [-0.25, -0.2) is 0 Å². The van der Waals surface area contributed by atoms with Crippen molar-refractivity contribution in [3.05, 3.63) is 0 Å². The number of piperidine rings is 1. The summed E-state index contributed by atoms with van der Waals surface area (Å²) < 4.78 is 0. The van der Waals surface area contributed by atoms with Gasteiger partial charge in [0, 0.05) is 44.8 Å². The summed E-state index contributed by atoms with van der Waals surface area (Å²) in [7, 11) is 0. The average Bonchev–Trinajstić information content (AvgIpc) is 2.49. The first-order chi connectivity index (χ1) is 8.93. The fourth-order valence-corrected chi connectivity index (χ4v) is 4.06. The maximum atomic E-state index is 3.55. The van der Waals surface area contributed by atoms with E-state index in [-0.39, 0.29) is 0 Å². The fraction of sp³-hybridized carbons (Fsp3) is 1.00. The highest BCUT2D eigenvalue weighted by molar-refractivity contribution is 4.85. The molecule has 2 aliphatic heterocycles. The molecule has 1 N–H and O–H groups in total. The Balaban J connectivity index is 1.45. The maximum Gasteiger partial charge on any atom is 0.0222 e. The number of rotatable bonds is 2. The average molecular weight is 251 g/mol. The normalized spacial score (nSPS) is 33.7. The number of hydrogen-bond donors (Lipinski definition) is 1. The molecule has 3 rings (SSSR count). The molecule has 0 aromatic rings. The largest absolute Gasteiger partial charge is 0.315 e. The minimum atomic E-state index is 0.826. The van der Waals surface area contributed by atoms with Crippen LogP contribution in [0.1, 0.15) is 44.9 Å². The van der Waals surface area contributed by atoms with Crippen LogP contribution in [-0.2, 0) is 0 Å². The summed E-state index contributed by atoms with van der Waals surface area (Å²) in [6.45, 7) is 7.72. The molecule has 18 heavy (non-hydrogen) atoms. The molecule has 1 saturated carbocycles. The van der Waals surface area contributed by atoms with Gasteiger partial charge < -0.3 is 5.32 Å². The fourth-order valence-electron chi connectivity index (χ4n) is 4.06. The van der Waals surface area contributed by atoms with Crippen LogP contribution in [0.4, 0.5) is 0 Å². The first-order valence-corrected chi connectivity index (χ1v) is 8.12. The van der Waals surface area contributed by atoms with Crippen molar-refractivity contribution in [1.29, 1.82) is 0 Å². The second kappa shape index (κ2) is 6.36. The zero-order valence-electron chi connectivity index (χ0n) is 11.7. The summed E-state index contributed by atoms with van der Waals surface area (Å²) in [6, 6.07) is 1.75. The van der Waals surface area contributed by atoms with E-state index in [1.807, 2.05) is 0 Å². The zero-order chi connectivity index (χ0) is 12.2. The van der Waals surface area contributed by atoms with Crippen LogP contribution in [-0.4, -0.2) is 61.2 Å². The molecule has 2 heterocycles. The Morgan fingerprint density at radius 2 is 1.28 bits per heavy atom. The minimum Gasteiger partial charge on any atom is -0.315 e. The van der Waals surface area contributed by atoms with Crippen LogP contribution in [0.2, 0.25) is 0 Å². The van der Waals surface area contributed by atoms with Crippen LogP contribution < -0.4 is 5.32 Å². The van der Waals surface area contributed by atoms with Crippen LogP contribution >= 0.6 is 0 Å². The molecule has 0 amide bonds. The van der Waals surface area contributed by atoms with E-state index in [0.717, 1.165) is 12.1 Å². The Kier molecular flexibility index (Phi) is 4.55. The Morgan fingerprint density at radius 3 is 1.89 bits per heavy atom. The second-order valence-corrected chi connectivity index (χ2v) is 6.36. The van der Waals surface area contributed by atoms with Gasteiger partial charge in [-0.2, -0.15) is 0 Å². The Morgan fingerprint density at radius 1 is 0.667 bits per heavy atom. The molecular formula is C15H29N3. The maximum absolute atomic E-state index is 3.55. The van der Waals surface area contributed by atoms with E-state index in [1.165, 1.54) is 84.2 Å². The third-order valence-corrected chi connectivity index (χ3v) is 5.23. The highest BCUT2D eigenvalue weighted by Gasteiger charge is 2.28. The third-order valence-electron chi connectivity index (χ3n) is 5.23. The first kappa shape index (κ1) is 12.9. The first-order valence-electron chi connectivity index (χ1n) is 8.12. The summed E-state index contributed by atoms with van der Waals surface area (Å²) in [6.07, 6.45) is 10.1. The predicted molar refractivity (Wildman–Crippen MR) is 75.9 cm³/mol. The smallest absolute Gasteiger partial charge is 0.0222 e. The highest BCUT2D eigenvalue weighted by atomic mass is 15.3. The molecule has 0 bridgehead atoms. The number of piperazine rings is 1. The molecule has 2 saturated heterocycles. The molecule has 0 unspecified atom stereocenters. The molecule has 3 aliphatic rings. The molecule has 3 heteroatoms. The van der Waals surface area contributed by atoms with Gasteiger partial charge in [-0.15, -0.1) is 0 Å². The van der Waals surface area contributed by atoms with Crippen LogP contribution in [0.5, 0.6) is 0 Å². The van der Waals surface area contributed by atoms with Crippen molar-refractivity contribution in [1.82, 2.24) is 15.1 Å². The van der Waals surface area contributed by atoms with Crippen molar-refractivity contribution in [2.75, 3.05) is 39.3 Å². The molecular weight excluding hydrogens is 222 g/mol. The summed E-state index contributed by atoms with van der Waals surface area (Å²) >= 11 is 0. The van der Waals surface area contributed by atoms with Crippen molar-refractivity contribution in [2.45, 2.75) is 57.0 Å². The van der Waals surface area contributed by atoms with Crippen molar-refractivity contribution >= 4 is 0 Å². The predicted octanol–water partition coefficient (Wildman–Crippen LogP) is 1.69. The number of nitrogens with zero attached hydrogens (tertiary/aromatic N) is 2. The number of hydrogen-bond acceptors (Lipinski definition) is 3. The highest BCUT2D eigenvalue weighted by Crippen LogP contribution is 2.24. The topological polar surface area (TPSA) is 18.5 Å². The molecule has 1 aliphatic carbocycles. The van der Waals surface area contributed by atoms with Crippen LogP contribution in [0.25, 0.3) is 0 Å². The Labute approximate surface area is 112 Å². The van der Waals surface area contributed by atoms with Gasteiger partial charge in [0.25, 0.3) is 0 Å². The van der Waals surface area contributed by atoms with E-state index in [9.17, 15) is 0 Å². The lowest BCUT2D eigenvalue weighted by molar-refractivity contribution is 0.0498. The monoisotopic (exact) mass is 251 g/mol. The van der Waals surface area contributed by atoms with Crippen LogP contribution in [0.3, 0.4) is 0 Å². The van der Waals surface area contributed by atoms with Gasteiger partial charge in [0.1, 0.15) is 0 Å². The van der Waals surface area contributed by atoms with Gasteiger partial charge in [-0.1, -0.05) is 19.3 Å². The summed E-state index contributed by atoms with van der Waals surface area (Å²) in [5.41, 5.74) is 0. The lowest BCUT2D eigenvalue weighted by Crippen LogP contribution is -2.56. The summed E-state index contributed by atoms with van der Waals surface area (Å²) in [4.78, 5) is 5.53. The van der Waals surface area contributed by atoms with Gasteiger partial charge in [-0.3, -0.25) is 9.80 Å². The van der Waals surface area contributed by atoms with Gasteiger partial charge in [0.15, 0.2) is 0 Å². The van der Waals surface area contributed by atoms with Crippen LogP contribution in [0, 0.1) is 0 Å². The Hall–Kier alpha value is -0.120. The summed E-state index contributed by atoms with van der Waals surface area (Å²) in [5, 5.41) is 3.55. The molecule has 0 radical (unpaired) electrons. The molecule has 0 aromatic carbocycles. The third kappa shape index (κ3) is 3.06. The lowest BCUT2D eigenvalue weighted by Gasteiger charge is -2.44. The van der Waals surface area contributed by atoms with Crippen molar-refractivity contribution in [2.24, 2.45) is 0 Å². The van der Waals surface area contributed by atoms with Crippen LogP contribution in [0.15, 0.2) is 0 Å². The molecule has 3 nitrogen and oxygen atoms in total. The van der Waals surface area contributed by atoms with Gasteiger partial charge in [-0.05, 0) is 32.2 Å².